The summed E-state index contributed by atoms with van der Waals surface area (Å²) in [5, 5.41) is 2.00. The smallest absolute Gasteiger partial charge is 0.264 e. The monoisotopic (exact) mass is 344 g/mol. The van der Waals surface area contributed by atoms with E-state index in [1.165, 1.54) is 31.6 Å². The van der Waals surface area contributed by atoms with Crippen molar-refractivity contribution in [3.63, 3.8) is 0 Å². The van der Waals surface area contributed by atoms with Crippen LogP contribution in [0.5, 0.6) is 0 Å². The Kier molecular flexibility index (Phi) is 4.41. The Balaban J connectivity index is 1.56. The highest BCUT2D eigenvalue weighted by Crippen LogP contribution is 2.23. The molecule has 0 aromatic carbocycles. The summed E-state index contributed by atoms with van der Waals surface area (Å²) in [7, 11) is 0. The van der Waals surface area contributed by atoms with E-state index in [9.17, 15) is 4.79 Å². The third-order valence-electron chi connectivity index (χ3n) is 5.12. The summed E-state index contributed by atoms with van der Waals surface area (Å²) in [6.45, 7) is 7.73. The molecule has 4 heterocycles. The van der Waals surface area contributed by atoms with Crippen molar-refractivity contribution in [1.29, 1.82) is 0 Å². The Labute approximate surface area is 146 Å². The van der Waals surface area contributed by atoms with Crippen molar-refractivity contribution < 1.29 is 4.79 Å². The highest BCUT2D eigenvalue weighted by atomic mass is 32.1. The molecule has 1 fully saturated rings. The van der Waals surface area contributed by atoms with Crippen LogP contribution in [0.3, 0.4) is 0 Å². The molecule has 0 aliphatic carbocycles. The SMILES string of the molecule is Cc1ccsc1C(=O)N1CCCn2cnc(CN3CCCC3)c2C1. The second kappa shape index (κ2) is 6.69. The largest absolute Gasteiger partial charge is 0.333 e. The molecule has 1 saturated heterocycles. The molecule has 1 amide bonds. The zero-order valence-corrected chi connectivity index (χ0v) is 15.0. The number of nitrogens with zero attached hydrogens (tertiary/aromatic N) is 4. The van der Waals surface area contributed by atoms with Crippen molar-refractivity contribution in [1.82, 2.24) is 19.4 Å². The van der Waals surface area contributed by atoms with Gasteiger partial charge in [-0.3, -0.25) is 9.69 Å². The minimum atomic E-state index is 0.171. The Morgan fingerprint density at radius 2 is 2.04 bits per heavy atom. The number of fused-ring (bicyclic) bond motifs is 1. The summed E-state index contributed by atoms with van der Waals surface area (Å²) in [6.07, 6.45) is 5.53. The number of amides is 1. The second-order valence-corrected chi connectivity index (χ2v) is 7.74. The molecule has 0 saturated carbocycles. The first-order valence-electron chi connectivity index (χ1n) is 8.81. The second-order valence-electron chi connectivity index (χ2n) is 6.83. The van der Waals surface area contributed by atoms with Crippen LogP contribution < -0.4 is 0 Å². The maximum absolute atomic E-state index is 12.9. The lowest BCUT2D eigenvalue weighted by molar-refractivity contribution is 0.0749. The molecule has 0 bridgehead atoms. The van der Waals surface area contributed by atoms with Crippen molar-refractivity contribution in [2.75, 3.05) is 19.6 Å². The van der Waals surface area contributed by atoms with Gasteiger partial charge in [-0.05, 0) is 56.3 Å². The third kappa shape index (κ3) is 3.00. The standard InChI is InChI=1S/C18H24N4OS/c1-14-5-10-24-17(14)18(23)21-8-4-9-22-13-19-15(16(22)12-21)11-20-6-2-3-7-20/h5,10,13H,2-4,6-9,11-12H2,1H3. The number of likely N-dealkylation sites (tertiary alicyclic amines) is 1. The zero-order valence-electron chi connectivity index (χ0n) is 14.2. The van der Waals surface area contributed by atoms with Gasteiger partial charge in [0.1, 0.15) is 0 Å². The average Bonchev–Trinajstić information content (AvgIpc) is 3.28. The van der Waals surface area contributed by atoms with E-state index in [4.69, 9.17) is 0 Å². The molecule has 24 heavy (non-hydrogen) atoms. The predicted octanol–water partition coefficient (Wildman–Crippen LogP) is 2.89. The predicted molar refractivity (Wildman–Crippen MR) is 95.2 cm³/mol. The van der Waals surface area contributed by atoms with Gasteiger partial charge in [-0.25, -0.2) is 4.98 Å². The van der Waals surface area contributed by atoms with Crippen LogP contribution in [0.1, 0.15) is 45.9 Å². The van der Waals surface area contributed by atoms with E-state index in [0.29, 0.717) is 6.54 Å². The van der Waals surface area contributed by atoms with E-state index >= 15 is 0 Å². The van der Waals surface area contributed by atoms with Crippen LogP contribution >= 0.6 is 11.3 Å². The fourth-order valence-corrected chi connectivity index (χ4v) is 4.60. The van der Waals surface area contributed by atoms with E-state index in [2.05, 4.69) is 14.5 Å². The highest BCUT2D eigenvalue weighted by Gasteiger charge is 2.25. The number of aryl methyl sites for hydroxylation is 2. The van der Waals surface area contributed by atoms with Crippen LogP contribution in [-0.4, -0.2) is 44.9 Å². The van der Waals surface area contributed by atoms with Gasteiger partial charge >= 0.3 is 0 Å². The quantitative estimate of drug-likeness (QED) is 0.860. The van der Waals surface area contributed by atoms with E-state index in [-0.39, 0.29) is 5.91 Å². The first kappa shape index (κ1) is 15.8. The molecule has 0 spiro atoms. The van der Waals surface area contributed by atoms with Crippen LogP contribution in [0.4, 0.5) is 0 Å². The summed E-state index contributed by atoms with van der Waals surface area (Å²) in [5.41, 5.74) is 3.46. The van der Waals surface area contributed by atoms with Crippen molar-refractivity contribution in [3.05, 3.63) is 39.6 Å². The van der Waals surface area contributed by atoms with Crippen molar-refractivity contribution in [2.45, 2.75) is 45.8 Å². The van der Waals surface area contributed by atoms with Gasteiger partial charge in [0.15, 0.2) is 0 Å². The van der Waals surface area contributed by atoms with E-state index in [1.807, 2.05) is 29.6 Å². The fraction of sp³-hybridized carbons (Fsp3) is 0.556. The van der Waals surface area contributed by atoms with Crippen LogP contribution in [0.2, 0.25) is 0 Å². The van der Waals surface area contributed by atoms with Gasteiger partial charge in [-0.2, -0.15) is 0 Å². The van der Waals surface area contributed by atoms with Crippen LogP contribution in [0.25, 0.3) is 0 Å². The minimum absolute atomic E-state index is 0.171. The molecule has 128 valence electrons. The zero-order chi connectivity index (χ0) is 16.5. The summed E-state index contributed by atoms with van der Waals surface area (Å²) in [5.74, 6) is 0.171. The number of imidazole rings is 1. The molecule has 0 N–H and O–H groups in total. The van der Waals surface area contributed by atoms with Gasteiger partial charge in [-0.1, -0.05) is 0 Å². The molecule has 2 aliphatic heterocycles. The molecule has 5 nitrogen and oxygen atoms in total. The number of thiophene rings is 1. The minimum Gasteiger partial charge on any atom is -0.333 e. The normalized spacial score (nSPS) is 18.6. The molecule has 0 radical (unpaired) electrons. The summed E-state index contributed by atoms with van der Waals surface area (Å²) in [4.78, 5) is 22.9. The van der Waals surface area contributed by atoms with Crippen molar-refractivity contribution in [2.24, 2.45) is 0 Å². The average molecular weight is 344 g/mol. The van der Waals surface area contributed by atoms with Crippen molar-refractivity contribution in [3.8, 4) is 0 Å². The van der Waals surface area contributed by atoms with E-state index in [1.54, 1.807) is 11.3 Å². The first-order valence-corrected chi connectivity index (χ1v) is 9.69. The lowest BCUT2D eigenvalue weighted by Crippen LogP contribution is -2.31. The van der Waals surface area contributed by atoms with Crippen molar-refractivity contribution >= 4 is 17.2 Å². The molecule has 0 unspecified atom stereocenters. The topological polar surface area (TPSA) is 41.4 Å². The number of hydrogen-bond donors (Lipinski definition) is 0. The van der Waals surface area contributed by atoms with Crippen LogP contribution in [0.15, 0.2) is 17.8 Å². The summed E-state index contributed by atoms with van der Waals surface area (Å²) >= 11 is 1.55. The number of rotatable bonds is 3. The summed E-state index contributed by atoms with van der Waals surface area (Å²) in [6, 6.07) is 2.03. The lowest BCUT2D eigenvalue weighted by atomic mass is 10.2. The molecular weight excluding hydrogens is 320 g/mol. The van der Waals surface area contributed by atoms with E-state index < -0.39 is 0 Å². The summed E-state index contributed by atoms with van der Waals surface area (Å²) < 4.78 is 2.25. The van der Waals surface area contributed by atoms with Gasteiger partial charge in [0.25, 0.3) is 5.91 Å². The molecule has 0 atom stereocenters. The number of aromatic nitrogens is 2. The Morgan fingerprint density at radius 1 is 1.21 bits per heavy atom. The Hall–Kier alpha value is -1.66. The molecule has 4 rings (SSSR count). The van der Waals surface area contributed by atoms with Gasteiger partial charge in [0.05, 0.1) is 29.1 Å². The molecule has 2 aromatic heterocycles. The molecule has 6 heteroatoms. The maximum Gasteiger partial charge on any atom is 0.264 e. The highest BCUT2D eigenvalue weighted by molar-refractivity contribution is 7.12. The van der Waals surface area contributed by atoms with E-state index in [0.717, 1.165) is 42.2 Å². The van der Waals surface area contributed by atoms with Gasteiger partial charge in [-0.15, -0.1) is 11.3 Å². The van der Waals surface area contributed by atoms with Gasteiger partial charge in [0, 0.05) is 19.6 Å². The Bertz CT molecular complexity index is 729. The molecular formula is C18H24N4OS. The molecule has 2 aliphatic rings. The Morgan fingerprint density at radius 3 is 2.79 bits per heavy atom. The number of carbonyl (C=O) groups excluding carboxylic acids is 1. The fourth-order valence-electron chi connectivity index (χ4n) is 3.71. The van der Waals surface area contributed by atoms with Crippen LogP contribution in [-0.2, 0) is 19.6 Å². The molecule has 2 aromatic rings. The van der Waals surface area contributed by atoms with Crippen LogP contribution in [0, 0.1) is 6.92 Å². The van der Waals surface area contributed by atoms with Gasteiger partial charge in [0.2, 0.25) is 0 Å². The number of carbonyl (C=O) groups is 1. The number of hydrogen-bond acceptors (Lipinski definition) is 4. The lowest BCUT2D eigenvalue weighted by Gasteiger charge is -2.21. The maximum atomic E-state index is 12.9. The van der Waals surface area contributed by atoms with Gasteiger partial charge < -0.3 is 9.47 Å². The third-order valence-corrected chi connectivity index (χ3v) is 6.12. The first-order chi connectivity index (χ1) is 11.7.